The van der Waals surface area contributed by atoms with Gasteiger partial charge in [0.1, 0.15) is 0 Å². The van der Waals surface area contributed by atoms with Crippen molar-refractivity contribution in [3.8, 4) is 0 Å². The van der Waals surface area contributed by atoms with E-state index in [1.165, 1.54) is 38.9 Å². The summed E-state index contributed by atoms with van der Waals surface area (Å²) in [5, 5.41) is 0. The maximum absolute atomic E-state index is 6.52. The third-order valence-electron chi connectivity index (χ3n) is 4.14. The molecule has 0 saturated heterocycles. The zero-order chi connectivity index (χ0) is 14.2. The van der Waals surface area contributed by atoms with Gasteiger partial charge in [-0.25, -0.2) is 0 Å². The van der Waals surface area contributed by atoms with Crippen LogP contribution in [0.2, 0.25) is 0 Å². The van der Waals surface area contributed by atoms with Gasteiger partial charge in [-0.2, -0.15) is 0 Å². The first-order valence-electron chi connectivity index (χ1n) is 6.81. The number of aryl methyl sites for hydroxylation is 3. The molecule has 19 heavy (non-hydrogen) atoms. The minimum atomic E-state index is -0.0431. The second-order valence-corrected chi connectivity index (χ2v) is 5.57. The maximum Gasteiger partial charge on any atom is 0.0557 e. The van der Waals surface area contributed by atoms with Gasteiger partial charge in [-0.05, 0) is 68.0 Å². The van der Waals surface area contributed by atoms with Crippen LogP contribution >= 0.6 is 0 Å². The minimum absolute atomic E-state index is 0.0431. The highest BCUT2D eigenvalue weighted by atomic mass is 14.6. The van der Waals surface area contributed by atoms with Gasteiger partial charge in [-0.1, -0.05) is 35.9 Å². The molecule has 0 bridgehead atoms. The number of rotatable bonds is 2. The molecule has 1 nitrogen and oxygen atoms in total. The lowest BCUT2D eigenvalue weighted by Gasteiger charge is -2.21. The zero-order valence-electron chi connectivity index (χ0n) is 12.5. The molecule has 0 fully saturated rings. The molecule has 2 rings (SSSR count). The number of nitrogens with two attached hydrogens (primary N) is 1. The Labute approximate surface area is 116 Å². The molecular formula is C18H23N. The Morgan fingerprint density at radius 3 is 1.95 bits per heavy atom. The van der Waals surface area contributed by atoms with E-state index >= 15 is 0 Å². The van der Waals surface area contributed by atoms with Gasteiger partial charge in [0.2, 0.25) is 0 Å². The van der Waals surface area contributed by atoms with Crippen LogP contribution in [0.25, 0.3) is 0 Å². The van der Waals surface area contributed by atoms with Crippen LogP contribution in [0.4, 0.5) is 0 Å². The molecule has 2 aromatic carbocycles. The Morgan fingerprint density at radius 2 is 1.42 bits per heavy atom. The van der Waals surface area contributed by atoms with Gasteiger partial charge in [0.15, 0.2) is 0 Å². The van der Waals surface area contributed by atoms with Crippen molar-refractivity contribution in [1.82, 2.24) is 0 Å². The topological polar surface area (TPSA) is 26.0 Å². The van der Waals surface area contributed by atoms with Gasteiger partial charge in [-0.3, -0.25) is 0 Å². The highest BCUT2D eigenvalue weighted by molar-refractivity contribution is 5.48. The Morgan fingerprint density at radius 1 is 0.842 bits per heavy atom. The van der Waals surface area contributed by atoms with Crippen molar-refractivity contribution in [2.24, 2.45) is 5.73 Å². The van der Waals surface area contributed by atoms with E-state index in [1.54, 1.807) is 0 Å². The standard InChI is InChI=1S/C18H23N/c1-11-7-6-8-16(9-11)18(19)17-14(4)12(2)10-13(3)15(17)5/h6-10,18H,19H2,1-5H3. The van der Waals surface area contributed by atoms with E-state index < -0.39 is 0 Å². The molecule has 1 atom stereocenters. The fourth-order valence-corrected chi connectivity index (χ4v) is 2.74. The largest absolute Gasteiger partial charge is 0.320 e. The molecule has 100 valence electrons. The van der Waals surface area contributed by atoms with Crippen molar-refractivity contribution in [2.45, 2.75) is 40.7 Å². The number of hydrogen-bond donors (Lipinski definition) is 1. The third kappa shape index (κ3) is 2.57. The van der Waals surface area contributed by atoms with Crippen molar-refractivity contribution in [1.29, 1.82) is 0 Å². The van der Waals surface area contributed by atoms with Crippen LogP contribution in [0.15, 0.2) is 30.3 Å². The van der Waals surface area contributed by atoms with E-state index in [9.17, 15) is 0 Å². The first-order valence-corrected chi connectivity index (χ1v) is 6.81. The summed E-state index contributed by atoms with van der Waals surface area (Å²) in [6, 6.07) is 10.7. The number of hydrogen-bond acceptors (Lipinski definition) is 1. The minimum Gasteiger partial charge on any atom is -0.320 e. The summed E-state index contributed by atoms with van der Waals surface area (Å²) in [6.07, 6.45) is 0. The van der Waals surface area contributed by atoms with Crippen molar-refractivity contribution >= 4 is 0 Å². The molecular weight excluding hydrogens is 230 g/mol. The summed E-state index contributed by atoms with van der Waals surface area (Å²) < 4.78 is 0. The fourth-order valence-electron chi connectivity index (χ4n) is 2.74. The van der Waals surface area contributed by atoms with Crippen molar-refractivity contribution in [3.05, 3.63) is 69.3 Å². The molecule has 0 heterocycles. The molecule has 0 aliphatic carbocycles. The smallest absolute Gasteiger partial charge is 0.0557 e. The molecule has 0 aliphatic heterocycles. The Bertz CT molecular complexity index is 585. The number of benzene rings is 2. The second-order valence-electron chi connectivity index (χ2n) is 5.57. The van der Waals surface area contributed by atoms with Crippen LogP contribution in [0.1, 0.15) is 45.0 Å². The quantitative estimate of drug-likeness (QED) is 0.849. The van der Waals surface area contributed by atoms with E-state index in [0.717, 1.165) is 0 Å². The van der Waals surface area contributed by atoms with Crippen LogP contribution < -0.4 is 5.73 Å². The Kier molecular flexibility index (Phi) is 3.77. The van der Waals surface area contributed by atoms with E-state index in [1.807, 2.05) is 0 Å². The van der Waals surface area contributed by atoms with Crippen molar-refractivity contribution < 1.29 is 0 Å². The monoisotopic (exact) mass is 253 g/mol. The molecule has 0 aliphatic rings. The highest BCUT2D eigenvalue weighted by Gasteiger charge is 2.16. The molecule has 2 N–H and O–H groups in total. The first-order chi connectivity index (χ1) is 8.91. The third-order valence-corrected chi connectivity index (χ3v) is 4.14. The van der Waals surface area contributed by atoms with Crippen molar-refractivity contribution in [2.75, 3.05) is 0 Å². The Hall–Kier alpha value is -1.60. The predicted molar refractivity (Wildman–Crippen MR) is 82.6 cm³/mol. The summed E-state index contributed by atoms with van der Waals surface area (Å²) in [5.41, 5.74) is 15.5. The second kappa shape index (κ2) is 5.18. The SMILES string of the molecule is Cc1cccc(C(N)c2c(C)c(C)cc(C)c2C)c1. The maximum atomic E-state index is 6.52. The van der Waals surface area contributed by atoms with Crippen LogP contribution in [0, 0.1) is 34.6 Å². The van der Waals surface area contributed by atoms with Gasteiger partial charge < -0.3 is 5.73 Å². The van der Waals surface area contributed by atoms with Gasteiger partial charge >= 0.3 is 0 Å². The van der Waals surface area contributed by atoms with Crippen LogP contribution in [-0.2, 0) is 0 Å². The van der Waals surface area contributed by atoms with E-state index in [2.05, 4.69) is 65.0 Å². The molecule has 2 aromatic rings. The fraction of sp³-hybridized carbons (Fsp3) is 0.333. The normalized spacial score (nSPS) is 12.5. The molecule has 0 spiro atoms. The lowest BCUT2D eigenvalue weighted by molar-refractivity contribution is 0.844. The van der Waals surface area contributed by atoms with Gasteiger partial charge in [-0.15, -0.1) is 0 Å². The van der Waals surface area contributed by atoms with Crippen LogP contribution in [0.5, 0.6) is 0 Å². The summed E-state index contributed by atoms with van der Waals surface area (Å²) in [4.78, 5) is 0. The average Bonchev–Trinajstić information content (AvgIpc) is 2.36. The van der Waals surface area contributed by atoms with Gasteiger partial charge in [0, 0.05) is 0 Å². The summed E-state index contributed by atoms with van der Waals surface area (Å²) in [7, 11) is 0. The molecule has 0 aromatic heterocycles. The van der Waals surface area contributed by atoms with E-state index in [4.69, 9.17) is 5.73 Å². The lowest BCUT2D eigenvalue weighted by Crippen LogP contribution is -2.16. The summed E-state index contributed by atoms with van der Waals surface area (Å²) in [6.45, 7) is 10.8. The summed E-state index contributed by atoms with van der Waals surface area (Å²) in [5.74, 6) is 0. The highest BCUT2D eigenvalue weighted by Crippen LogP contribution is 2.30. The molecule has 1 unspecified atom stereocenters. The zero-order valence-corrected chi connectivity index (χ0v) is 12.5. The molecule has 0 saturated carbocycles. The molecule has 0 amide bonds. The molecule has 0 radical (unpaired) electrons. The first kappa shape index (κ1) is 13.8. The summed E-state index contributed by atoms with van der Waals surface area (Å²) >= 11 is 0. The van der Waals surface area contributed by atoms with Crippen LogP contribution in [0.3, 0.4) is 0 Å². The van der Waals surface area contributed by atoms with Crippen LogP contribution in [-0.4, -0.2) is 0 Å². The average molecular weight is 253 g/mol. The van der Waals surface area contributed by atoms with Gasteiger partial charge in [0.25, 0.3) is 0 Å². The van der Waals surface area contributed by atoms with Crippen molar-refractivity contribution in [3.63, 3.8) is 0 Å². The van der Waals surface area contributed by atoms with Gasteiger partial charge in [0.05, 0.1) is 6.04 Å². The Balaban J connectivity index is 2.59. The molecule has 1 heteroatoms. The predicted octanol–water partition coefficient (Wildman–Crippen LogP) is 4.28. The van der Waals surface area contributed by atoms with E-state index in [-0.39, 0.29) is 6.04 Å². The lowest BCUT2D eigenvalue weighted by atomic mass is 9.87. The van der Waals surface area contributed by atoms with E-state index in [0.29, 0.717) is 0 Å².